The van der Waals surface area contributed by atoms with Gasteiger partial charge >= 0.3 is 0 Å². The standard InChI is InChI=1S/C26H38N4O2/c1-20(2)16-27-17-24(31)23(15-21-9-5-3-6-10-21)28-19-29-25(32)18-30-26(13-14-26)22-11-7-4-8-12-22/h3-12,20,23-24,27-28,30-31H,13-19H2,1-2H3,(H,29,32)/t23-,24+/m0/s1. The highest BCUT2D eigenvalue weighted by Crippen LogP contribution is 2.45. The fourth-order valence-electron chi connectivity index (χ4n) is 3.92. The summed E-state index contributed by atoms with van der Waals surface area (Å²) in [4.78, 5) is 12.4. The molecule has 1 amide bonds. The summed E-state index contributed by atoms with van der Waals surface area (Å²) in [5.41, 5.74) is 2.34. The molecule has 1 aliphatic rings. The third kappa shape index (κ3) is 7.71. The van der Waals surface area contributed by atoms with Gasteiger partial charge < -0.3 is 15.7 Å². The van der Waals surface area contributed by atoms with E-state index >= 15 is 0 Å². The van der Waals surface area contributed by atoms with Gasteiger partial charge in [0, 0.05) is 18.1 Å². The Morgan fingerprint density at radius 3 is 2.28 bits per heavy atom. The molecule has 0 aliphatic heterocycles. The number of carbonyl (C=O) groups is 1. The Labute approximate surface area is 192 Å². The molecule has 5 N–H and O–H groups in total. The summed E-state index contributed by atoms with van der Waals surface area (Å²) in [6.45, 7) is 6.26. The van der Waals surface area contributed by atoms with Crippen LogP contribution in [-0.4, -0.2) is 49.5 Å². The van der Waals surface area contributed by atoms with Gasteiger partial charge in [-0.3, -0.25) is 15.4 Å². The minimum absolute atomic E-state index is 0.0504. The van der Waals surface area contributed by atoms with Gasteiger partial charge in [-0.15, -0.1) is 0 Å². The lowest BCUT2D eigenvalue weighted by molar-refractivity contribution is -0.120. The van der Waals surface area contributed by atoms with Crippen molar-refractivity contribution in [3.63, 3.8) is 0 Å². The van der Waals surface area contributed by atoms with Crippen LogP contribution in [0.1, 0.15) is 37.8 Å². The van der Waals surface area contributed by atoms with Crippen LogP contribution < -0.4 is 21.3 Å². The van der Waals surface area contributed by atoms with Crippen molar-refractivity contribution in [3.8, 4) is 0 Å². The molecule has 6 nitrogen and oxygen atoms in total. The van der Waals surface area contributed by atoms with Crippen molar-refractivity contribution in [1.29, 1.82) is 0 Å². The van der Waals surface area contributed by atoms with E-state index in [1.807, 2.05) is 36.4 Å². The van der Waals surface area contributed by atoms with Crippen molar-refractivity contribution in [2.45, 2.75) is 50.8 Å². The first-order valence-corrected chi connectivity index (χ1v) is 11.7. The van der Waals surface area contributed by atoms with Crippen LogP contribution in [-0.2, 0) is 16.8 Å². The number of nitrogens with one attached hydrogen (secondary N) is 4. The van der Waals surface area contributed by atoms with Crippen molar-refractivity contribution >= 4 is 5.91 Å². The number of rotatable bonds is 14. The maximum atomic E-state index is 12.4. The molecule has 1 fully saturated rings. The van der Waals surface area contributed by atoms with Crippen LogP contribution in [0.5, 0.6) is 0 Å². The molecular formula is C26H38N4O2. The summed E-state index contributed by atoms with van der Waals surface area (Å²) in [7, 11) is 0. The Morgan fingerprint density at radius 2 is 1.66 bits per heavy atom. The van der Waals surface area contributed by atoms with Crippen LogP contribution in [0.15, 0.2) is 60.7 Å². The summed E-state index contributed by atoms with van der Waals surface area (Å²) in [5.74, 6) is 0.478. The predicted molar refractivity (Wildman–Crippen MR) is 129 cm³/mol. The molecule has 2 aromatic carbocycles. The van der Waals surface area contributed by atoms with E-state index in [4.69, 9.17) is 0 Å². The van der Waals surface area contributed by atoms with E-state index in [1.54, 1.807) is 0 Å². The number of hydrogen-bond acceptors (Lipinski definition) is 5. The van der Waals surface area contributed by atoms with E-state index in [0.29, 0.717) is 25.6 Å². The van der Waals surface area contributed by atoms with Gasteiger partial charge in [-0.25, -0.2) is 0 Å². The summed E-state index contributed by atoms with van der Waals surface area (Å²) < 4.78 is 0. The molecule has 0 aromatic heterocycles. The Bertz CT molecular complexity index is 809. The topological polar surface area (TPSA) is 85.4 Å². The number of carbonyl (C=O) groups excluding carboxylic acids is 1. The van der Waals surface area contributed by atoms with Gasteiger partial charge in [0.2, 0.25) is 5.91 Å². The van der Waals surface area contributed by atoms with E-state index in [0.717, 1.165) is 24.9 Å². The highest BCUT2D eigenvalue weighted by molar-refractivity contribution is 5.78. The summed E-state index contributed by atoms with van der Waals surface area (Å²) in [5, 5.41) is 23.8. The largest absolute Gasteiger partial charge is 0.390 e. The molecule has 0 radical (unpaired) electrons. The van der Waals surface area contributed by atoms with Crippen molar-refractivity contribution < 1.29 is 9.90 Å². The van der Waals surface area contributed by atoms with E-state index in [2.05, 4.69) is 59.4 Å². The second-order valence-electron chi connectivity index (χ2n) is 9.20. The normalized spacial score (nSPS) is 16.5. The zero-order valence-electron chi connectivity index (χ0n) is 19.3. The van der Waals surface area contributed by atoms with Gasteiger partial charge in [0.25, 0.3) is 0 Å². The Hall–Kier alpha value is -2.25. The zero-order valence-corrected chi connectivity index (χ0v) is 19.3. The molecule has 0 unspecified atom stereocenters. The molecule has 1 saturated carbocycles. The second kappa shape index (κ2) is 12.1. The Balaban J connectivity index is 1.45. The molecule has 1 aliphatic carbocycles. The van der Waals surface area contributed by atoms with Gasteiger partial charge in [-0.05, 0) is 42.9 Å². The van der Waals surface area contributed by atoms with E-state index in [-0.39, 0.29) is 24.0 Å². The Kier molecular flexibility index (Phi) is 9.23. The zero-order chi connectivity index (χ0) is 22.8. The second-order valence-corrected chi connectivity index (χ2v) is 9.20. The maximum absolute atomic E-state index is 12.4. The molecule has 32 heavy (non-hydrogen) atoms. The van der Waals surface area contributed by atoms with E-state index in [9.17, 15) is 9.90 Å². The van der Waals surface area contributed by atoms with Crippen LogP contribution in [0.2, 0.25) is 0 Å². The van der Waals surface area contributed by atoms with Crippen LogP contribution in [0.3, 0.4) is 0 Å². The van der Waals surface area contributed by atoms with E-state index in [1.165, 1.54) is 5.56 Å². The van der Waals surface area contributed by atoms with Crippen molar-refractivity contribution in [3.05, 3.63) is 71.8 Å². The molecule has 0 saturated heterocycles. The lowest BCUT2D eigenvalue weighted by atomic mass is 10.0. The van der Waals surface area contributed by atoms with Gasteiger partial charge in [0.15, 0.2) is 0 Å². The fraction of sp³-hybridized carbons (Fsp3) is 0.500. The molecule has 2 atom stereocenters. The van der Waals surface area contributed by atoms with Gasteiger partial charge in [0.05, 0.1) is 19.3 Å². The summed E-state index contributed by atoms with van der Waals surface area (Å²) >= 11 is 0. The van der Waals surface area contributed by atoms with Crippen LogP contribution in [0, 0.1) is 5.92 Å². The van der Waals surface area contributed by atoms with Gasteiger partial charge in [-0.1, -0.05) is 74.5 Å². The first kappa shape index (κ1) is 24.4. The SMILES string of the molecule is CC(C)CNC[C@@H](O)[C@H](Cc1ccccc1)NCNC(=O)CNC1(c2ccccc2)CC1. The monoisotopic (exact) mass is 438 g/mol. The summed E-state index contributed by atoms with van der Waals surface area (Å²) in [6, 6.07) is 20.3. The molecular weight excluding hydrogens is 400 g/mol. The summed E-state index contributed by atoms with van der Waals surface area (Å²) in [6.07, 6.45) is 2.24. The van der Waals surface area contributed by atoms with Gasteiger partial charge in [-0.2, -0.15) is 0 Å². The fourth-order valence-corrected chi connectivity index (χ4v) is 3.92. The lowest BCUT2D eigenvalue weighted by Gasteiger charge is -2.25. The number of aliphatic hydroxyl groups is 1. The molecule has 3 rings (SSSR count). The first-order chi connectivity index (χ1) is 15.5. The molecule has 6 heteroatoms. The number of aliphatic hydroxyl groups excluding tert-OH is 1. The average molecular weight is 439 g/mol. The van der Waals surface area contributed by atoms with Crippen molar-refractivity contribution in [2.24, 2.45) is 5.92 Å². The van der Waals surface area contributed by atoms with Crippen LogP contribution in [0.25, 0.3) is 0 Å². The molecule has 0 bridgehead atoms. The number of benzene rings is 2. The highest BCUT2D eigenvalue weighted by Gasteiger charge is 2.43. The molecule has 174 valence electrons. The number of amides is 1. The first-order valence-electron chi connectivity index (χ1n) is 11.7. The maximum Gasteiger partial charge on any atom is 0.234 e. The number of hydrogen-bond donors (Lipinski definition) is 5. The average Bonchev–Trinajstić information content (AvgIpc) is 3.59. The predicted octanol–water partition coefficient (Wildman–Crippen LogP) is 2.15. The minimum Gasteiger partial charge on any atom is -0.390 e. The molecule has 0 heterocycles. The van der Waals surface area contributed by atoms with E-state index < -0.39 is 6.10 Å². The van der Waals surface area contributed by atoms with Crippen molar-refractivity contribution in [1.82, 2.24) is 21.3 Å². The third-order valence-electron chi connectivity index (χ3n) is 5.98. The van der Waals surface area contributed by atoms with Crippen LogP contribution in [0.4, 0.5) is 0 Å². The lowest BCUT2D eigenvalue weighted by Crippen LogP contribution is -2.51. The van der Waals surface area contributed by atoms with Crippen molar-refractivity contribution in [2.75, 3.05) is 26.3 Å². The van der Waals surface area contributed by atoms with Gasteiger partial charge in [0.1, 0.15) is 0 Å². The quantitative estimate of drug-likeness (QED) is 0.292. The smallest absolute Gasteiger partial charge is 0.234 e. The molecule has 2 aromatic rings. The Morgan fingerprint density at radius 1 is 1.00 bits per heavy atom. The third-order valence-corrected chi connectivity index (χ3v) is 5.98. The minimum atomic E-state index is -0.559. The van der Waals surface area contributed by atoms with Crippen LogP contribution >= 0.6 is 0 Å². The molecule has 0 spiro atoms. The highest BCUT2D eigenvalue weighted by atomic mass is 16.3.